The molecule has 0 radical (unpaired) electrons. The smallest absolute Gasteiger partial charge is 0.242 e. The largest absolute Gasteiger partial charge is 0.355 e. The Labute approximate surface area is 108 Å². The number of hydrogen-bond donors (Lipinski definition) is 1. The van der Waals surface area contributed by atoms with Gasteiger partial charge in [-0.1, -0.05) is 30.3 Å². The molecule has 4 heteroatoms. The lowest BCUT2D eigenvalue weighted by molar-refractivity contribution is -0.138. The fourth-order valence-electron chi connectivity index (χ4n) is 1.76. The normalized spacial score (nSPS) is 11.7. The Morgan fingerprint density at radius 3 is 2.39 bits per heavy atom. The number of nitrogens with zero attached hydrogens (tertiary/aromatic N) is 1. The van der Waals surface area contributed by atoms with E-state index in [9.17, 15) is 9.59 Å². The van der Waals surface area contributed by atoms with Gasteiger partial charge in [0.2, 0.25) is 11.8 Å². The summed E-state index contributed by atoms with van der Waals surface area (Å²) in [6.07, 6.45) is 0. The molecule has 0 aromatic heterocycles. The van der Waals surface area contributed by atoms with Gasteiger partial charge in [0.25, 0.3) is 0 Å². The van der Waals surface area contributed by atoms with Gasteiger partial charge in [-0.3, -0.25) is 9.59 Å². The zero-order chi connectivity index (χ0) is 13.5. The van der Waals surface area contributed by atoms with E-state index in [1.165, 1.54) is 6.92 Å². The zero-order valence-corrected chi connectivity index (χ0v) is 11.1. The Morgan fingerprint density at radius 2 is 1.89 bits per heavy atom. The van der Waals surface area contributed by atoms with E-state index in [0.717, 1.165) is 5.56 Å². The van der Waals surface area contributed by atoms with Crippen LogP contribution in [-0.2, 0) is 16.1 Å². The van der Waals surface area contributed by atoms with Crippen molar-refractivity contribution in [2.45, 2.75) is 33.4 Å². The van der Waals surface area contributed by atoms with Crippen molar-refractivity contribution in [3.05, 3.63) is 35.9 Å². The standard InChI is InChI=1S/C14H20N2O2/c1-4-15-14(18)11(2)16(12(3)17)10-13-8-6-5-7-9-13/h5-9,11H,4,10H2,1-3H3,(H,15,18)/t11-/m0/s1. The van der Waals surface area contributed by atoms with Crippen LogP contribution in [0.4, 0.5) is 0 Å². The summed E-state index contributed by atoms with van der Waals surface area (Å²) in [7, 11) is 0. The molecule has 0 aliphatic rings. The highest BCUT2D eigenvalue weighted by molar-refractivity contribution is 5.86. The number of hydrogen-bond acceptors (Lipinski definition) is 2. The van der Waals surface area contributed by atoms with Gasteiger partial charge in [0, 0.05) is 20.0 Å². The van der Waals surface area contributed by atoms with Crippen LogP contribution in [0.5, 0.6) is 0 Å². The molecular weight excluding hydrogens is 228 g/mol. The second-order valence-electron chi connectivity index (χ2n) is 4.20. The van der Waals surface area contributed by atoms with Crippen molar-refractivity contribution in [3.8, 4) is 0 Å². The third-order valence-electron chi connectivity index (χ3n) is 2.80. The minimum Gasteiger partial charge on any atom is -0.355 e. The Hall–Kier alpha value is -1.84. The van der Waals surface area contributed by atoms with Crippen molar-refractivity contribution in [1.82, 2.24) is 10.2 Å². The number of nitrogens with one attached hydrogen (secondary N) is 1. The molecular formula is C14H20N2O2. The van der Waals surface area contributed by atoms with Crippen LogP contribution in [-0.4, -0.2) is 29.3 Å². The molecule has 0 bridgehead atoms. The predicted octanol–water partition coefficient (Wildman–Crippen LogP) is 1.56. The van der Waals surface area contributed by atoms with E-state index < -0.39 is 6.04 Å². The molecule has 0 saturated heterocycles. The van der Waals surface area contributed by atoms with Crippen LogP contribution in [0.1, 0.15) is 26.3 Å². The predicted molar refractivity (Wildman–Crippen MR) is 70.8 cm³/mol. The number of amides is 2. The van der Waals surface area contributed by atoms with Gasteiger partial charge >= 0.3 is 0 Å². The van der Waals surface area contributed by atoms with E-state index in [4.69, 9.17) is 0 Å². The minimum atomic E-state index is -0.456. The van der Waals surface area contributed by atoms with Crippen molar-refractivity contribution in [2.75, 3.05) is 6.54 Å². The van der Waals surface area contributed by atoms with E-state index in [0.29, 0.717) is 13.1 Å². The van der Waals surface area contributed by atoms with Gasteiger partial charge in [0.15, 0.2) is 0 Å². The zero-order valence-electron chi connectivity index (χ0n) is 11.1. The summed E-state index contributed by atoms with van der Waals surface area (Å²) < 4.78 is 0. The molecule has 2 amide bonds. The van der Waals surface area contributed by atoms with Gasteiger partial charge in [-0.05, 0) is 19.4 Å². The van der Waals surface area contributed by atoms with Gasteiger partial charge < -0.3 is 10.2 Å². The third kappa shape index (κ3) is 3.87. The van der Waals surface area contributed by atoms with E-state index >= 15 is 0 Å². The molecule has 0 saturated carbocycles. The van der Waals surface area contributed by atoms with Crippen LogP contribution in [0.15, 0.2) is 30.3 Å². The summed E-state index contributed by atoms with van der Waals surface area (Å²) in [6.45, 7) is 6.11. The van der Waals surface area contributed by atoms with E-state index in [2.05, 4.69) is 5.32 Å². The lowest BCUT2D eigenvalue weighted by Gasteiger charge is -2.27. The second-order valence-corrected chi connectivity index (χ2v) is 4.20. The Morgan fingerprint density at radius 1 is 1.28 bits per heavy atom. The van der Waals surface area contributed by atoms with Crippen LogP contribution >= 0.6 is 0 Å². The number of carbonyl (C=O) groups is 2. The molecule has 18 heavy (non-hydrogen) atoms. The molecule has 98 valence electrons. The monoisotopic (exact) mass is 248 g/mol. The van der Waals surface area contributed by atoms with Crippen LogP contribution in [0, 0.1) is 0 Å². The van der Waals surface area contributed by atoms with Crippen LogP contribution in [0.3, 0.4) is 0 Å². The van der Waals surface area contributed by atoms with Gasteiger partial charge in [-0.15, -0.1) is 0 Å². The molecule has 0 aliphatic heterocycles. The quantitative estimate of drug-likeness (QED) is 0.859. The average Bonchev–Trinajstić information content (AvgIpc) is 2.36. The summed E-state index contributed by atoms with van der Waals surface area (Å²) in [4.78, 5) is 25.0. The summed E-state index contributed by atoms with van der Waals surface area (Å²) in [5.41, 5.74) is 1.02. The first-order valence-electron chi connectivity index (χ1n) is 6.15. The molecule has 0 fully saturated rings. The molecule has 0 heterocycles. The van der Waals surface area contributed by atoms with Crippen molar-refractivity contribution >= 4 is 11.8 Å². The molecule has 4 nitrogen and oxygen atoms in total. The SMILES string of the molecule is CCNC(=O)[C@H](C)N(Cc1ccccc1)C(C)=O. The van der Waals surface area contributed by atoms with Gasteiger partial charge in [0.05, 0.1) is 0 Å². The maximum absolute atomic E-state index is 11.8. The summed E-state index contributed by atoms with van der Waals surface area (Å²) in [6, 6.07) is 9.20. The van der Waals surface area contributed by atoms with Crippen LogP contribution < -0.4 is 5.32 Å². The molecule has 1 rings (SSSR count). The fourth-order valence-corrected chi connectivity index (χ4v) is 1.76. The molecule has 0 unspecified atom stereocenters. The third-order valence-corrected chi connectivity index (χ3v) is 2.80. The maximum Gasteiger partial charge on any atom is 0.242 e. The topological polar surface area (TPSA) is 49.4 Å². The lowest BCUT2D eigenvalue weighted by atomic mass is 10.1. The van der Waals surface area contributed by atoms with E-state index in [1.54, 1.807) is 11.8 Å². The summed E-state index contributed by atoms with van der Waals surface area (Å²) >= 11 is 0. The minimum absolute atomic E-state index is 0.0994. The second kappa shape index (κ2) is 6.79. The maximum atomic E-state index is 11.8. The molecule has 0 aliphatic carbocycles. The van der Waals surface area contributed by atoms with Crippen LogP contribution in [0.25, 0.3) is 0 Å². The van der Waals surface area contributed by atoms with Crippen molar-refractivity contribution in [3.63, 3.8) is 0 Å². The van der Waals surface area contributed by atoms with E-state index in [-0.39, 0.29) is 11.8 Å². The number of rotatable bonds is 5. The van der Waals surface area contributed by atoms with Gasteiger partial charge in [-0.2, -0.15) is 0 Å². The average molecular weight is 248 g/mol. The highest BCUT2D eigenvalue weighted by Crippen LogP contribution is 2.09. The highest BCUT2D eigenvalue weighted by Gasteiger charge is 2.22. The van der Waals surface area contributed by atoms with E-state index in [1.807, 2.05) is 37.3 Å². The molecule has 0 spiro atoms. The van der Waals surface area contributed by atoms with Crippen molar-refractivity contribution < 1.29 is 9.59 Å². The number of likely N-dealkylation sites (N-methyl/N-ethyl adjacent to an activating group) is 1. The first kappa shape index (κ1) is 14.2. The van der Waals surface area contributed by atoms with Crippen molar-refractivity contribution in [2.24, 2.45) is 0 Å². The first-order valence-corrected chi connectivity index (χ1v) is 6.15. The Kier molecular flexibility index (Phi) is 5.36. The Bertz CT molecular complexity index is 404. The lowest BCUT2D eigenvalue weighted by Crippen LogP contribution is -2.46. The molecule has 1 aromatic rings. The van der Waals surface area contributed by atoms with Crippen LogP contribution in [0.2, 0.25) is 0 Å². The summed E-state index contributed by atoms with van der Waals surface area (Å²) in [5, 5.41) is 2.73. The van der Waals surface area contributed by atoms with Gasteiger partial charge in [0.1, 0.15) is 6.04 Å². The Balaban J connectivity index is 2.77. The fraction of sp³-hybridized carbons (Fsp3) is 0.429. The molecule has 1 atom stereocenters. The number of benzene rings is 1. The number of carbonyl (C=O) groups excluding carboxylic acids is 2. The first-order chi connectivity index (χ1) is 8.56. The highest BCUT2D eigenvalue weighted by atomic mass is 16.2. The van der Waals surface area contributed by atoms with Crippen molar-refractivity contribution in [1.29, 1.82) is 0 Å². The molecule has 1 N–H and O–H groups in total. The summed E-state index contributed by atoms with van der Waals surface area (Å²) in [5.74, 6) is -0.221. The molecule has 1 aromatic carbocycles. The van der Waals surface area contributed by atoms with Gasteiger partial charge in [-0.25, -0.2) is 0 Å².